The molecule has 0 unspecified atom stereocenters. The van der Waals surface area contributed by atoms with Gasteiger partial charge in [0.25, 0.3) is 0 Å². The van der Waals surface area contributed by atoms with E-state index < -0.39 is 0 Å². The summed E-state index contributed by atoms with van der Waals surface area (Å²) in [5, 5.41) is 8.10. The van der Waals surface area contributed by atoms with Gasteiger partial charge in [-0.1, -0.05) is 30.3 Å². The number of nitrogens with zero attached hydrogens (tertiary/aromatic N) is 4. The van der Waals surface area contributed by atoms with Crippen LogP contribution < -0.4 is 0 Å². The molecule has 6 heteroatoms. The summed E-state index contributed by atoms with van der Waals surface area (Å²) in [6.07, 6.45) is 1.63. The van der Waals surface area contributed by atoms with Crippen LogP contribution in [0.2, 0.25) is 0 Å². The van der Waals surface area contributed by atoms with E-state index in [2.05, 4.69) is 10.2 Å². The molecule has 124 valence electrons. The molecule has 0 spiro atoms. The summed E-state index contributed by atoms with van der Waals surface area (Å²) in [7, 11) is 0. The van der Waals surface area contributed by atoms with Crippen molar-refractivity contribution in [2.24, 2.45) is 0 Å². The number of ether oxygens (including phenoxy) is 1. The Bertz CT molecular complexity index is 1090. The third kappa shape index (κ3) is 2.52. The molecule has 0 atom stereocenters. The van der Waals surface area contributed by atoms with Crippen LogP contribution in [0.3, 0.4) is 0 Å². The zero-order valence-electron chi connectivity index (χ0n) is 13.9. The molecule has 0 aliphatic carbocycles. The number of fused-ring (bicyclic) bond motifs is 3. The topological polar surface area (TPSA) is 69.4 Å². The molecule has 4 rings (SSSR count). The minimum absolute atomic E-state index is 0.325. The van der Waals surface area contributed by atoms with E-state index in [4.69, 9.17) is 9.72 Å². The summed E-state index contributed by atoms with van der Waals surface area (Å²) in [6, 6.07) is 13.5. The molecule has 0 saturated heterocycles. The van der Waals surface area contributed by atoms with Crippen LogP contribution in [-0.2, 0) is 4.74 Å². The molecule has 0 fully saturated rings. The minimum Gasteiger partial charge on any atom is -0.462 e. The van der Waals surface area contributed by atoms with E-state index in [-0.39, 0.29) is 5.97 Å². The molecular formula is C19H16N4O2. The number of carbonyl (C=O) groups excluding carboxylic acids is 1. The number of hydrogen-bond donors (Lipinski definition) is 0. The molecule has 2 aromatic carbocycles. The van der Waals surface area contributed by atoms with Crippen LogP contribution >= 0.6 is 0 Å². The van der Waals surface area contributed by atoms with Gasteiger partial charge in [0.2, 0.25) is 0 Å². The normalized spacial score (nSPS) is 11.1. The van der Waals surface area contributed by atoms with E-state index in [1.54, 1.807) is 19.3 Å². The Morgan fingerprint density at radius 3 is 2.76 bits per heavy atom. The van der Waals surface area contributed by atoms with Crippen molar-refractivity contribution < 1.29 is 9.53 Å². The van der Waals surface area contributed by atoms with Gasteiger partial charge in [0.15, 0.2) is 5.65 Å². The SMILES string of the molecule is CCOC(=O)c1cc(-c2ccccc2)c2nc(C)c3nncn3c2c1. The van der Waals surface area contributed by atoms with E-state index in [0.717, 1.165) is 27.9 Å². The molecule has 0 bridgehead atoms. The zero-order chi connectivity index (χ0) is 17.4. The maximum Gasteiger partial charge on any atom is 0.338 e. The molecule has 25 heavy (non-hydrogen) atoms. The van der Waals surface area contributed by atoms with Crippen molar-refractivity contribution in [3.05, 3.63) is 60.0 Å². The summed E-state index contributed by atoms with van der Waals surface area (Å²) in [4.78, 5) is 17.1. The Morgan fingerprint density at radius 2 is 2.00 bits per heavy atom. The predicted octanol–water partition coefficient (Wildman–Crippen LogP) is 3.43. The Balaban J connectivity index is 2.10. The lowest BCUT2D eigenvalue weighted by Gasteiger charge is -2.12. The molecule has 0 aliphatic rings. The van der Waals surface area contributed by atoms with Crippen molar-refractivity contribution >= 4 is 22.6 Å². The molecule has 0 N–H and O–H groups in total. The Kier molecular flexibility index (Phi) is 3.65. The van der Waals surface area contributed by atoms with Gasteiger partial charge >= 0.3 is 5.97 Å². The van der Waals surface area contributed by atoms with E-state index in [1.807, 2.05) is 47.7 Å². The molecule has 6 nitrogen and oxygen atoms in total. The van der Waals surface area contributed by atoms with Crippen molar-refractivity contribution in [3.8, 4) is 11.1 Å². The van der Waals surface area contributed by atoms with Gasteiger partial charge in [-0.2, -0.15) is 0 Å². The fourth-order valence-electron chi connectivity index (χ4n) is 2.97. The Labute approximate surface area is 144 Å². The number of benzene rings is 2. The quantitative estimate of drug-likeness (QED) is 0.538. The molecule has 0 saturated carbocycles. The lowest BCUT2D eigenvalue weighted by atomic mass is 10.0. The highest BCUT2D eigenvalue weighted by Crippen LogP contribution is 2.30. The van der Waals surface area contributed by atoms with Crippen LogP contribution in [0.15, 0.2) is 48.8 Å². The number of hydrogen-bond acceptors (Lipinski definition) is 5. The van der Waals surface area contributed by atoms with Gasteiger partial charge in [-0.05, 0) is 31.5 Å². The van der Waals surface area contributed by atoms with Gasteiger partial charge in [0.05, 0.1) is 28.9 Å². The van der Waals surface area contributed by atoms with E-state index >= 15 is 0 Å². The first-order valence-electron chi connectivity index (χ1n) is 8.05. The lowest BCUT2D eigenvalue weighted by molar-refractivity contribution is 0.0526. The predicted molar refractivity (Wildman–Crippen MR) is 94.4 cm³/mol. The average Bonchev–Trinajstić information content (AvgIpc) is 3.13. The van der Waals surface area contributed by atoms with Gasteiger partial charge in [-0.25, -0.2) is 9.78 Å². The van der Waals surface area contributed by atoms with Crippen LogP contribution in [0.25, 0.3) is 27.8 Å². The molecule has 4 aromatic rings. The van der Waals surface area contributed by atoms with Gasteiger partial charge in [-0.15, -0.1) is 10.2 Å². The standard InChI is InChI=1S/C19H16N4O2/c1-3-25-19(24)14-9-15(13-7-5-4-6-8-13)17-16(10-14)23-11-20-22-18(23)12(2)21-17/h4-11H,3H2,1-2H3. The second-order valence-corrected chi connectivity index (χ2v) is 5.70. The summed E-state index contributed by atoms with van der Waals surface area (Å²) < 4.78 is 7.04. The van der Waals surface area contributed by atoms with Crippen molar-refractivity contribution in [2.75, 3.05) is 6.61 Å². The van der Waals surface area contributed by atoms with Gasteiger partial charge in [0.1, 0.15) is 6.33 Å². The summed E-state index contributed by atoms with van der Waals surface area (Å²) in [5.74, 6) is -0.358. The lowest BCUT2D eigenvalue weighted by Crippen LogP contribution is -2.06. The molecule has 0 radical (unpaired) electrons. The highest BCUT2D eigenvalue weighted by atomic mass is 16.5. The second kappa shape index (κ2) is 5.98. The van der Waals surface area contributed by atoms with Crippen LogP contribution in [-0.4, -0.2) is 32.2 Å². The first-order chi connectivity index (χ1) is 12.2. The monoisotopic (exact) mass is 332 g/mol. The number of esters is 1. The van der Waals surface area contributed by atoms with Crippen molar-refractivity contribution in [1.29, 1.82) is 0 Å². The van der Waals surface area contributed by atoms with Crippen molar-refractivity contribution in [3.63, 3.8) is 0 Å². The first-order valence-corrected chi connectivity index (χ1v) is 8.05. The number of carbonyl (C=O) groups is 1. The third-order valence-electron chi connectivity index (χ3n) is 4.10. The fourth-order valence-corrected chi connectivity index (χ4v) is 2.97. The number of rotatable bonds is 3. The van der Waals surface area contributed by atoms with Gasteiger partial charge in [0, 0.05) is 5.56 Å². The second-order valence-electron chi connectivity index (χ2n) is 5.70. The minimum atomic E-state index is -0.358. The smallest absolute Gasteiger partial charge is 0.338 e. The maximum absolute atomic E-state index is 12.3. The Morgan fingerprint density at radius 1 is 1.20 bits per heavy atom. The van der Waals surface area contributed by atoms with E-state index in [0.29, 0.717) is 17.8 Å². The fraction of sp³-hybridized carbons (Fsp3) is 0.158. The third-order valence-corrected chi connectivity index (χ3v) is 4.10. The summed E-state index contributed by atoms with van der Waals surface area (Å²) in [6.45, 7) is 4.02. The van der Waals surface area contributed by atoms with Crippen LogP contribution in [0.1, 0.15) is 23.0 Å². The Hall–Kier alpha value is -3.28. The summed E-state index contributed by atoms with van der Waals surface area (Å²) >= 11 is 0. The highest BCUT2D eigenvalue weighted by molar-refractivity contribution is 6.01. The number of aromatic nitrogens is 4. The van der Waals surface area contributed by atoms with Crippen LogP contribution in [0.4, 0.5) is 0 Å². The van der Waals surface area contributed by atoms with Crippen molar-refractivity contribution in [1.82, 2.24) is 19.6 Å². The summed E-state index contributed by atoms with van der Waals surface area (Å²) in [5.41, 5.74) is 5.37. The zero-order valence-corrected chi connectivity index (χ0v) is 13.9. The van der Waals surface area contributed by atoms with E-state index in [9.17, 15) is 4.79 Å². The highest BCUT2D eigenvalue weighted by Gasteiger charge is 2.17. The average molecular weight is 332 g/mol. The molecule has 0 amide bonds. The maximum atomic E-state index is 12.3. The van der Waals surface area contributed by atoms with Crippen molar-refractivity contribution in [2.45, 2.75) is 13.8 Å². The molecule has 2 aromatic heterocycles. The van der Waals surface area contributed by atoms with Crippen LogP contribution in [0, 0.1) is 6.92 Å². The first kappa shape index (κ1) is 15.3. The van der Waals surface area contributed by atoms with Crippen LogP contribution in [0.5, 0.6) is 0 Å². The van der Waals surface area contributed by atoms with Gasteiger partial charge in [-0.3, -0.25) is 4.40 Å². The number of aryl methyl sites for hydroxylation is 1. The van der Waals surface area contributed by atoms with E-state index in [1.165, 1.54) is 0 Å². The molecular weight excluding hydrogens is 316 g/mol. The van der Waals surface area contributed by atoms with Gasteiger partial charge < -0.3 is 4.74 Å². The largest absolute Gasteiger partial charge is 0.462 e. The molecule has 0 aliphatic heterocycles. The molecule has 2 heterocycles.